The minimum atomic E-state index is -0.0827. The van der Waals surface area contributed by atoms with Crippen molar-refractivity contribution < 1.29 is 14.3 Å². The molecule has 140 valence electrons. The summed E-state index contributed by atoms with van der Waals surface area (Å²) in [6, 6.07) is 9.34. The lowest BCUT2D eigenvalue weighted by Gasteiger charge is -2.32. The van der Waals surface area contributed by atoms with Crippen LogP contribution in [0.4, 0.5) is 10.5 Å². The maximum Gasteiger partial charge on any atom is 0.321 e. The van der Waals surface area contributed by atoms with Gasteiger partial charge >= 0.3 is 6.03 Å². The Morgan fingerprint density at radius 1 is 1.38 bits per heavy atom. The first-order valence-electron chi connectivity index (χ1n) is 9.12. The summed E-state index contributed by atoms with van der Waals surface area (Å²) in [5.74, 6) is 1.03. The van der Waals surface area contributed by atoms with Gasteiger partial charge in [0.25, 0.3) is 0 Å². The molecule has 1 atom stereocenters. The molecule has 7 nitrogen and oxygen atoms in total. The van der Waals surface area contributed by atoms with E-state index in [4.69, 9.17) is 9.47 Å². The van der Waals surface area contributed by atoms with Gasteiger partial charge in [-0.25, -0.2) is 4.79 Å². The largest absolute Gasteiger partial charge is 0.491 e. The van der Waals surface area contributed by atoms with E-state index in [0.717, 1.165) is 36.5 Å². The highest BCUT2D eigenvalue weighted by molar-refractivity contribution is 5.89. The topological polar surface area (TPSA) is 79.5 Å². The van der Waals surface area contributed by atoms with Gasteiger partial charge in [-0.1, -0.05) is 6.07 Å². The van der Waals surface area contributed by atoms with Gasteiger partial charge in [-0.15, -0.1) is 0 Å². The number of benzene rings is 1. The summed E-state index contributed by atoms with van der Waals surface area (Å²) in [6.07, 6.45) is 3.80. The van der Waals surface area contributed by atoms with Crippen molar-refractivity contribution >= 4 is 11.7 Å². The molecule has 0 radical (unpaired) electrons. The molecule has 2 N–H and O–H groups in total. The number of aromatic nitrogens is 2. The lowest BCUT2D eigenvalue weighted by Crippen LogP contribution is -2.41. The Bertz CT molecular complexity index is 690. The van der Waals surface area contributed by atoms with Crippen LogP contribution in [0.3, 0.4) is 0 Å². The lowest BCUT2D eigenvalue weighted by atomic mass is 9.95. The molecule has 1 fully saturated rings. The molecule has 1 aliphatic rings. The number of nitrogens with zero attached hydrogens (tertiary/aromatic N) is 2. The van der Waals surface area contributed by atoms with Crippen LogP contribution in [0.5, 0.6) is 5.75 Å². The van der Waals surface area contributed by atoms with Crippen LogP contribution in [0.1, 0.15) is 31.4 Å². The van der Waals surface area contributed by atoms with Crippen LogP contribution in [-0.4, -0.2) is 54.0 Å². The molecule has 0 saturated carbocycles. The Morgan fingerprint density at radius 2 is 2.31 bits per heavy atom. The third-order valence-corrected chi connectivity index (χ3v) is 4.46. The number of H-pyrrole nitrogens is 1. The summed E-state index contributed by atoms with van der Waals surface area (Å²) in [4.78, 5) is 14.5. The molecule has 0 bridgehead atoms. The molecule has 0 aliphatic carbocycles. The first-order chi connectivity index (χ1) is 12.8. The molecule has 1 saturated heterocycles. The number of hydrogen-bond donors (Lipinski definition) is 2. The number of aromatic amines is 1. The van der Waals surface area contributed by atoms with E-state index in [0.29, 0.717) is 32.3 Å². The molecule has 0 unspecified atom stereocenters. The van der Waals surface area contributed by atoms with Crippen molar-refractivity contribution in [3.8, 4) is 5.75 Å². The molecular weight excluding hydrogens is 332 g/mol. The number of hydrogen-bond acceptors (Lipinski definition) is 4. The van der Waals surface area contributed by atoms with Gasteiger partial charge in [-0.2, -0.15) is 5.10 Å². The van der Waals surface area contributed by atoms with Gasteiger partial charge in [0.15, 0.2) is 0 Å². The molecule has 3 rings (SSSR count). The van der Waals surface area contributed by atoms with E-state index in [9.17, 15) is 4.79 Å². The van der Waals surface area contributed by atoms with E-state index in [1.165, 1.54) is 0 Å². The van der Waals surface area contributed by atoms with Crippen molar-refractivity contribution in [2.75, 3.05) is 38.2 Å². The molecule has 26 heavy (non-hydrogen) atoms. The number of carbonyl (C=O) groups is 1. The SMILES string of the molecule is CCOCCOc1cccc(NC(=O)N2CCC[C@H](c3ccn[nH]3)C2)c1. The minimum Gasteiger partial charge on any atom is -0.491 e. The normalized spacial score (nSPS) is 17.1. The number of piperidine rings is 1. The first-order valence-corrected chi connectivity index (χ1v) is 9.12. The van der Waals surface area contributed by atoms with Crippen LogP contribution in [0, 0.1) is 0 Å². The molecule has 1 aromatic heterocycles. The average molecular weight is 358 g/mol. The van der Waals surface area contributed by atoms with Gasteiger partial charge in [-0.05, 0) is 38.0 Å². The van der Waals surface area contributed by atoms with Crippen LogP contribution >= 0.6 is 0 Å². The van der Waals surface area contributed by atoms with Crippen molar-refractivity contribution in [1.29, 1.82) is 0 Å². The zero-order valence-electron chi connectivity index (χ0n) is 15.1. The number of likely N-dealkylation sites (tertiary alicyclic amines) is 1. The Hall–Kier alpha value is -2.54. The number of anilines is 1. The van der Waals surface area contributed by atoms with Gasteiger partial charge in [0, 0.05) is 49.3 Å². The number of carbonyl (C=O) groups excluding carboxylic acids is 1. The molecule has 2 amide bonds. The van der Waals surface area contributed by atoms with Crippen molar-refractivity contribution in [2.45, 2.75) is 25.7 Å². The predicted molar refractivity (Wildman–Crippen MR) is 99.6 cm³/mol. The number of rotatable bonds is 7. The maximum atomic E-state index is 12.6. The molecule has 0 spiro atoms. The van der Waals surface area contributed by atoms with E-state index in [1.54, 1.807) is 6.20 Å². The second kappa shape index (κ2) is 9.24. The summed E-state index contributed by atoms with van der Waals surface area (Å²) in [5.41, 5.74) is 1.82. The fraction of sp³-hybridized carbons (Fsp3) is 0.474. The van der Waals surface area contributed by atoms with Crippen molar-refractivity contribution in [3.63, 3.8) is 0 Å². The van der Waals surface area contributed by atoms with Crippen LogP contribution < -0.4 is 10.1 Å². The van der Waals surface area contributed by atoms with E-state index in [2.05, 4.69) is 15.5 Å². The monoisotopic (exact) mass is 358 g/mol. The Morgan fingerprint density at radius 3 is 3.12 bits per heavy atom. The van der Waals surface area contributed by atoms with E-state index in [1.807, 2.05) is 42.2 Å². The van der Waals surface area contributed by atoms with Gasteiger partial charge in [0.1, 0.15) is 12.4 Å². The third-order valence-electron chi connectivity index (χ3n) is 4.46. The molecule has 7 heteroatoms. The van der Waals surface area contributed by atoms with E-state index < -0.39 is 0 Å². The smallest absolute Gasteiger partial charge is 0.321 e. The first kappa shape index (κ1) is 18.3. The van der Waals surface area contributed by atoms with Crippen molar-refractivity contribution in [1.82, 2.24) is 15.1 Å². The highest BCUT2D eigenvalue weighted by Gasteiger charge is 2.25. The van der Waals surface area contributed by atoms with Crippen LogP contribution in [0.2, 0.25) is 0 Å². The summed E-state index contributed by atoms with van der Waals surface area (Å²) >= 11 is 0. The fourth-order valence-corrected chi connectivity index (χ4v) is 3.14. The van der Waals surface area contributed by atoms with Crippen LogP contribution in [0.15, 0.2) is 36.5 Å². The van der Waals surface area contributed by atoms with Crippen molar-refractivity contribution in [2.24, 2.45) is 0 Å². The number of ether oxygens (including phenoxy) is 2. The molecule has 1 aromatic carbocycles. The highest BCUT2D eigenvalue weighted by Crippen LogP contribution is 2.26. The summed E-state index contributed by atoms with van der Waals surface area (Å²) < 4.78 is 10.9. The summed E-state index contributed by atoms with van der Waals surface area (Å²) in [7, 11) is 0. The Labute approximate surface area is 153 Å². The third kappa shape index (κ3) is 4.98. The van der Waals surface area contributed by atoms with E-state index in [-0.39, 0.29) is 6.03 Å². The number of nitrogens with one attached hydrogen (secondary N) is 2. The lowest BCUT2D eigenvalue weighted by molar-refractivity contribution is 0.110. The quantitative estimate of drug-likeness (QED) is 0.745. The maximum absolute atomic E-state index is 12.6. The summed E-state index contributed by atoms with van der Waals surface area (Å²) in [6.45, 7) is 5.13. The zero-order valence-corrected chi connectivity index (χ0v) is 15.1. The second-order valence-corrected chi connectivity index (χ2v) is 6.30. The van der Waals surface area contributed by atoms with Gasteiger partial charge in [0.2, 0.25) is 0 Å². The van der Waals surface area contributed by atoms with Gasteiger partial charge in [0.05, 0.1) is 6.61 Å². The number of urea groups is 1. The highest BCUT2D eigenvalue weighted by atomic mass is 16.5. The minimum absolute atomic E-state index is 0.0827. The van der Waals surface area contributed by atoms with Crippen LogP contribution in [-0.2, 0) is 4.74 Å². The average Bonchev–Trinajstić information content (AvgIpc) is 3.21. The Balaban J connectivity index is 1.54. The fourth-order valence-electron chi connectivity index (χ4n) is 3.14. The molecular formula is C19H26N4O3. The molecule has 2 aromatic rings. The number of amides is 2. The van der Waals surface area contributed by atoms with Crippen LogP contribution in [0.25, 0.3) is 0 Å². The predicted octanol–water partition coefficient (Wildman–Crippen LogP) is 3.24. The van der Waals surface area contributed by atoms with Crippen molar-refractivity contribution in [3.05, 3.63) is 42.2 Å². The zero-order chi connectivity index (χ0) is 18.2. The molecule has 1 aliphatic heterocycles. The standard InChI is InChI=1S/C19H26N4O3/c1-2-25-11-12-26-17-7-3-6-16(13-17)21-19(24)23-10-4-5-15(14-23)18-8-9-20-22-18/h3,6-9,13,15H,2,4-5,10-12,14H2,1H3,(H,20,22)(H,21,24)/t15-/m0/s1. The Kier molecular flexibility index (Phi) is 6.49. The molecule has 2 heterocycles. The van der Waals surface area contributed by atoms with Gasteiger partial charge in [-0.3, -0.25) is 5.10 Å². The van der Waals surface area contributed by atoms with E-state index >= 15 is 0 Å². The second-order valence-electron chi connectivity index (χ2n) is 6.30. The van der Waals surface area contributed by atoms with Gasteiger partial charge < -0.3 is 19.7 Å². The summed E-state index contributed by atoms with van der Waals surface area (Å²) in [5, 5.41) is 10.0.